The first-order chi connectivity index (χ1) is 18.2. The monoisotopic (exact) mass is 532 g/mol. The number of carbonyl (C=O) groups is 1. The Morgan fingerprint density at radius 1 is 1.00 bits per heavy atom. The molecule has 0 spiro atoms. The van der Waals surface area contributed by atoms with E-state index < -0.39 is 59.4 Å². The van der Waals surface area contributed by atoms with Crippen LogP contribution in [0.1, 0.15) is 19.8 Å². The van der Waals surface area contributed by atoms with Gasteiger partial charge >= 0.3 is 5.97 Å². The molecule has 1 aromatic heterocycles. The van der Waals surface area contributed by atoms with E-state index in [0.717, 1.165) is 18.6 Å². The maximum atomic E-state index is 12.9. The van der Waals surface area contributed by atoms with E-state index in [9.17, 15) is 35.1 Å². The van der Waals surface area contributed by atoms with Crippen molar-refractivity contribution in [2.45, 2.75) is 50.5 Å². The predicted molar refractivity (Wildman–Crippen MR) is 131 cm³/mol. The van der Waals surface area contributed by atoms with Gasteiger partial charge in [0.2, 0.25) is 12.0 Å². The lowest BCUT2D eigenvalue weighted by molar-refractivity contribution is -0.272. The molecule has 1 aliphatic rings. The summed E-state index contributed by atoms with van der Waals surface area (Å²) in [6.07, 6.45) is -7.83. The van der Waals surface area contributed by atoms with Crippen molar-refractivity contribution >= 4 is 16.9 Å². The standard InChI is InChI=1S/C26H28O12/c1-3-4-9-35-25(33)24-20(31)19(30)21(32)26(38-24)37-22-16(29)10-14(27)18-15(28)11-17(36-23(18)22)12-5-7-13(34-2)8-6-12/h5-8,10-11,19-21,24,26-27,29-32H,3-4,9H2,1-2H3/t19-,20-,21+,24+,26+/m0/s1. The quantitative estimate of drug-likeness (QED) is 0.208. The number of phenols is 2. The molecule has 3 aromatic rings. The summed E-state index contributed by atoms with van der Waals surface area (Å²) in [7, 11) is 1.49. The summed E-state index contributed by atoms with van der Waals surface area (Å²) < 4.78 is 27.0. The van der Waals surface area contributed by atoms with Crippen molar-refractivity contribution in [3.63, 3.8) is 0 Å². The summed E-state index contributed by atoms with van der Waals surface area (Å²) in [5.41, 5.74) is -0.599. The van der Waals surface area contributed by atoms with Gasteiger partial charge in [-0.25, -0.2) is 4.79 Å². The molecular formula is C26H28O12. The molecule has 0 radical (unpaired) electrons. The van der Waals surface area contributed by atoms with Gasteiger partial charge in [0.25, 0.3) is 0 Å². The SMILES string of the molecule is CCCCOC(=O)[C@@H]1O[C@@H](Oc2c(O)cc(O)c3c(=O)cc(-c4ccc(OC)cc4)oc23)[C@H](O)[C@@H](O)[C@@H]1O. The van der Waals surface area contributed by atoms with E-state index >= 15 is 0 Å². The Bertz CT molecular complexity index is 1350. The number of unbranched alkanes of at least 4 members (excludes halogenated alkanes) is 1. The number of hydrogen-bond donors (Lipinski definition) is 5. The molecule has 12 heteroatoms. The second-order valence-electron chi connectivity index (χ2n) is 8.69. The van der Waals surface area contributed by atoms with Gasteiger partial charge in [0.15, 0.2) is 22.9 Å². The van der Waals surface area contributed by atoms with E-state index in [4.69, 9.17) is 23.4 Å². The van der Waals surface area contributed by atoms with Crippen LogP contribution in [0.5, 0.6) is 23.0 Å². The minimum Gasteiger partial charge on any atom is -0.507 e. The number of carbonyl (C=O) groups excluding carboxylic acids is 1. The van der Waals surface area contributed by atoms with Crippen LogP contribution in [0.4, 0.5) is 0 Å². The fraction of sp³-hybridized carbons (Fsp3) is 0.385. The summed E-state index contributed by atoms with van der Waals surface area (Å²) in [4.78, 5) is 25.3. The van der Waals surface area contributed by atoms with Crippen LogP contribution in [0.3, 0.4) is 0 Å². The van der Waals surface area contributed by atoms with Crippen LogP contribution in [-0.4, -0.2) is 75.9 Å². The van der Waals surface area contributed by atoms with Crippen molar-refractivity contribution in [2.75, 3.05) is 13.7 Å². The molecule has 5 atom stereocenters. The highest BCUT2D eigenvalue weighted by Crippen LogP contribution is 2.42. The van der Waals surface area contributed by atoms with Crippen LogP contribution < -0.4 is 14.9 Å². The number of ether oxygens (including phenoxy) is 4. The highest BCUT2D eigenvalue weighted by atomic mass is 16.7. The third-order valence-corrected chi connectivity index (χ3v) is 6.07. The topological polar surface area (TPSA) is 185 Å². The lowest BCUT2D eigenvalue weighted by Gasteiger charge is -2.39. The van der Waals surface area contributed by atoms with Gasteiger partial charge in [-0.05, 0) is 30.7 Å². The molecule has 2 heterocycles. The number of aliphatic hydroxyl groups excluding tert-OH is 3. The molecule has 0 unspecified atom stereocenters. The first-order valence-electron chi connectivity index (χ1n) is 11.9. The maximum Gasteiger partial charge on any atom is 0.338 e. The molecule has 4 rings (SSSR count). The first kappa shape index (κ1) is 27.2. The average Bonchev–Trinajstić information content (AvgIpc) is 2.90. The number of hydrogen-bond acceptors (Lipinski definition) is 12. The van der Waals surface area contributed by atoms with E-state index in [2.05, 4.69) is 0 Å². The maximum absolute atomic E-state index is 12.9. The summed E-state index contributed by atoms with van der Waals surface area (Å²) in [6.45, 7) is 1.94. The zero-order valence-electron chi connectivity index (χ0n) is 20.6. The predicted octanol–water partition coefficient (Wildman–Crippen LogP) is 1.41. The van der Waals surface area contributed by atoms with Crippen LogP contribution in [0.15, 0.2) is 45.6 Å². The Balaban J connectivity index is 1.73. The number of aliphatic hydroxyl groups is 3. The fourth-order valence-electron chi connectivity index (χ4n) is 3.95. The second-order valence-corrected chi connectivity index (χ2v) is 8.69. The van der Waals surface area contributed by atoms with Crippen molar-refractivity contribution in [1.29, 1.82) is 0 Å². The molecule has 0 bridgehead atoms. The van der Waals surface area contributed by atoms with Crippen molar-refractivity contribution < 1.29 is 53.7 Å². The Kier molecular flexibility index (Phi) is 8.07. The number of esters is 1. The van der Waals surface area contributed by atoms with Crippen LogP contribution in [0.2, 0.25) is 0 Å². The Morgan fingerprint density at radius 2 is 1.71 bits per heavy atom. The molecule has 0 saturated carbocycles. The number of benzene rings is 2. The molecule has 1 saturated heterocycles. The number of rotatable bonds is 8. The van der Waals surface area contributed by atoms with Gasteiger partial charge in [-0.15, -0.1) is 0 Å². The smallest absolute Gasteiger partial charge is 0.338 e. The minimum absolute atomic E-state index is 0.0504. The summed E-state index contributed by atoms with van der Waals surface area (Å²) in [5.74, 6) is -2.18. The van der Waals surface area contributed by atoms with Gasteiger partial charge in [-0.1, -0.05) is 13.3 Å². The summed E-state index contributed by atoms with van der Waals surface area (Å²) >= 11 is 0. The van der Waals surface area contributed by atoms with Crippen LogP contribution >= 0.6 is 0 Å². The summed E-state index contributed by atoms with van der Waals surface area (Å²) in [5, 5.41) is 51.7. The molecular weight excluding hydrogens is 504 g/mol. The largest absolute Gasteiger partial charge is 0.507 e. The van der Waals surface area contributed by atoms with Gasteiger partial charge in [0.1, 0.15) is 41.0 Å². The molecule has 0 amide bonds. The van der Waals surface area contributed by atoms with Crippen molar-refractivity contribution in [1.82, 2.24) is 0 Å². The number of methoxy groups -OCH3 is 1. The van der Waals surface area contributed by atoms with Crippen molar-refractivity contribution in [2.24, 2.45) is 0 Å². The molecule has 1 fully saturated rings. The van der Waals surface area contributed by atoms with Crippen molar-refractivity contribution in [3.05, 3.63) is 46.6 Å². The minimum atomic E-state index is -1.88. The van der Waals surface area contributed by atoms with Gasteiger partial charge < -0.3 is 48.9 Å². The van der Waals surface area contributed by atoms with Gasteiger partial charge in [-0.2, -0.15) is 0 Å². The lowest BCUT2D eigenvalue weighted by Crippen LogP contribution is -2.61. The Morgan fingerprint density at radius 3 is 2.37 bits per heavy atom. The van der Waals surface area contributed by atoms with Crippen LogP contribution in [0, 0.1) is 0 Å². The van der Waals surface area contributed by atoms with Gasteiger partial charge in [0, 0.05) is 17.7 Å². The number of phenolic OH excluding ortho intramolecular Hbond substituents is 2. The zero-order valence-corrected chi connectivity index (χ0v) is 20.6. The molecule has 204 valence electrons. The third-order valence-electron chi connectivity index (χ3n) is 6.07. The van der Waals surface area contributed by atoms with Crippen LogP contribution in [0.25, 0.3) is 22.3 Å². The van der Waals surface area contributed by atoms with Gasteiger partial charge in [0.05, 0.1) is 13.7 Å². The lowest BCUT2D eigenvalue weighted by atomic mass is 9.99. The summed E-state index contributed by atoms with van der Waals surface area (Å²) in [6, 6.07) is 8.47. The number of fused-ring (bicyclic) bond motifs is 1. The number of aromatic hydroxyl groups is 2. The van der Waals surface area contributed by atoms with E-state index in [1.54, 1.807) is 24.3 Å². The van der Waals surface area contributed by atoms with Crippen molar-refractivity contribution in [3.8, 4) is 34.3 Å². The molecule has 1 aliphatic heterocycles. The first-order valence-corrected chi connectivity index (χ1v) is 11.9. The molecule has 0 aliphatic carbocycles. The van der Waals surface area contributed by atoms with E-state index in [1.807, 2.05) is 6.92 Å². The molecule has 12 nitrogen and oxygen atoms in total. The van der Waals surface area contributed by atoms with E-state index in [0.29, 0.717) is 17.7 Å². The van der Waals surface area contributed by atoms with Crippen LogP contribution in [-0.2, 0) is 14.3 Å². The average molecular weight is 532 g/mol. The van der Waals surface area contributed by atoms with E-state index in [-0.39, 0.29) is 23.3 Å². The second kappa shape index (κ2) is 11.3. The van der Waals surface area contributed by atoms with Gasteiger partial charge in [-0.3, -0.25) is 4.79 Å². The molecule has 2 aromatic carbocycles. The normalized spacial score (nSPS) is 23.2. The third kappa shape index (κ3) is 5.24. The highest BCUT2D eigenvalue weighted by Gasteiger charge is 2.49. The highest BCUT2D eigenvalue weighted by molar-refractivity contribution is 5.91. The van der Waals surface area contributed by atoms with E-state index in [1.165, 1.54) is 7.11 Å². The fourth-order valence-corrected chi connectivity index (χ4v) is 3.95. The Hall–Kier alpha value is -3.84. The molecule has 38 heavy (non-hydrogen) atoms. The zero-order chi connectivity index (χ0) is 27.6. The Labute approximate surface area is 216 Å². The molecule has 5 N–H and O–H groups in total.